The van der Waals surface area contributed by atoms with E-state index in [1.165, 1.54) is 16.7 Å². The fraction of sp³-hybridized carbons (Fsp3) is 0.556. The highest BCUT2D eigenvalue weighted by Crippen LogP contribution is 2.44. The van der Waals surface area contributed by atoms with Gasteiger partial charge in [0.2, 0.25) is 5.91 Å². The maximum atomic E-state index is 12.1. The Hall–Kier alpha value is -1.84. The molecule has 0 spiro atoms. The summed E-state index contributed by atoms with van der Waals surface area (Å²) >= 11 is 0. The van der Waals surface area contributed by atoms with Gasteiger partial charge >= 0.3 is 5.97 Å². The number of carbonyl (C=O) groups is 2. The van der Waals surface area contributed by atoms with E-state index < -0.39 is 11.4 Å². The van der Waals surface area contributed by atoms with Crippen molar-refractivity contribution >= 4 is 11.9 Å². The van der Waals surface area contributed by atoms with E-state index in [1.54, 1.807) is 0 Å². The lowest BCUT2D eigenvalue weighted by Gasteiger charge is -2.37. The monoisotopic (exact) mass is 303 g/mol. The molecule has 0 aliphatic heterocycles. The molecule has 1 amide bonds. The second-order valence-electron chi connectivity index (χ2n) is 6.72. The van der Waals surface area contributed by atoms with Crippen LogP contribution in [0.5, 0.6) is 0 Å². The second kappa shape index (κ2) is 6.51. The van der Waals surface area contributed by atoms with E-state index in [0.29, 0.717) is 12.8 Å². The summed E-state index contributed by atoms with van der Waals surface area (Å²) < 4.78 is 0. The molecule has 1 atom stereocenters. The smallest absolute Gasteiger partial charge is 0.310 e. The van der Waals surface area contributed by atoms with E-state index in [9.17, 15) is 14.7 Å². The van der Waals surface area contributed by atoms with E-state index in [0.717, 1.165) is 12.8 Å². The molecule has 0 saturated heterocycles. The molecule has 1 aliphatic rings. The number of aliphatic carboxylic acids is 1. The van der Waals surface area contributed by atoms with E-state index in [-0.39, 0.29) is 18.4 Å². The van der Waals surface area contributed by atoms with Crippen molar-refractivity contribution in [1.82, 2.24) is 5.32 Å². The van der Waals surface area contributed by atoms with Gasteiger partial charge in [0.15, 0.2) is 0 Å². The molecule has 0 bridgehead atoms. The number of benzene rings is 1. The molecule has 0 aromatic heterocycles. The SMILES string of the molecule is Cc1ccc(CC(C)NC(=O)CC2(C(=O)O)CCC2)c(C)c1. The molecule has 1 aromatic rings. The van der Waals surface area contributed by atoms with Gasteiger partial charge in [-0.3, -0.25) is 9.59 Å². The largest absolute Gasteiger partial charge is 0.481 e. The van der Waals surface area contributed by atoms with E-state index >= 15 is 0 Å². The van der Waals surface area contributed by atoms with Crippen molar-refractivity contribution in [2.45, 2.75) is 58.9 Å². The first kappa shape index (κ1) is 16.5. The first-order chi connectivity index (χ1) is 10.3. The third-order valence-electron chi connectivity index (χ3n) is 4.69. The van der Waals surface area contributed by atoms with Crippen molar-refractivity contribution in [2.24, 2.45) is 5.41 Å². The van der Waals surface area contributed by atoms with Gasteiger partial charge in [-0.05, 0) is 51.2 Å². The van der Waals surface area contributed by atoms with Crippen LogP contribution in [0, 0.1) is 19.3 Å². The fourth-order valence-corrected chi connectivity index (χ4v) is 3.16. The maximum Gasteiger partial charge on any atom is 0.310 e. The van der Waals surface area contributed by atoms with Crippen LogP contribution in [0.4, 0.5) is 0 Å². The molecule has 0 radical (unpaired) electrons. The average Bonchev–Trinajstić information content (AvgIpc) is 2.36. The Morgan fingerprint density at radius 1 is 1.32 bits per heavy atom. The van der Waals surface area contributed by atoms with Gasteiger partial charge in [-0.1, -0.05) is 30.2 Å². The van der Waals surface area contributed by atoms with Crippen LogP contribution in [0.2, 0.25) is 0 Å². The molecule has 1 aliphatic carbocycles. The van der Waals surface area contributed by atoms with Crippen LogP contribution in [0.1, 0.15) is 49.3 Å². The lowest BCUT2D eigenvalue weighted by molar-refractivity contribution is -0.157. The van der Waals surface area contributed by atoms with Crippen LogP contribution in [0.3, 0.4) is 0 Å². The van der Waals surface area contributed by atoms with Crippen LogP contribution >= 0.6 is 0 Å². The van der Waals surface area contributed by atoms with Crippen molar-refractivity contribution in [3.63, 3.8) is 0 Å². The topological polar surface area (TPSA) is 66.4 Å². The molecule has 4 nitrogen and oxygen atoms in total. The lowest BCUT2D eigenvalue weighted by Crippen LogP contribution is -2.44. The highest BCUT2D eigenvalue weighted by Gasteiger charge is 2.45. The predicted octanol–water partition coefficient (Wildman–Crippen LogP) is 3.00. The number of carboxylic acid groups (broad SMARTS) is 1. The van der Waals surface area contributed by atoms with Crippen LogP contribution in [0.25, 0.3) is 0 Å². The van der Waals surface area contributed by atoms with Crippen molar-refractivity contribution in [3.05, 3.63) is 34.9 Å². The molecular weight excluding hydrogens is 278 g/mol. The third-order valence-corrected chi connectivity index (χ3v) is 4.69. The Morgan fingerprint density at radius 2 is 2.00 bits per heavy atom. The Labute approximate surface area is 131 Å². The Morgan fingerprint density at radius 3 is 2.50 bits per heavy atom. The Bertz CT molecular complexity index is 576. The molecular formula is C18H25NO3. The molecule has 4 heteroatoms. The summed E-state index contributed by atoms with van der Waals surface area (Å²) in [6, 6.07) is 6.31. The standard InChI is InChI=1S/C18H25NO3/c1-12-5-6-15(13(2)9-12)10-14(3)19-16(20)11-18(17(21)22)7-4-8-18/h5-6,9,14H,4,7-8,10-11H2,1-3H3,(H,19,20)(H,21,22). The number of hydrogen-bond acceptors (Lipinski definition) is 2. The number of hydrogen-bond donors (Lipinski definition) is 2. The zero-order valence-corrected chi connectivity index (χ0v) is 13.6. The van der Waals surface area contributed by atoms with Gasteiger partial charge in [0.05, 0.1) is 5.41 Å². The van der Waals surface area contributed by atoms with Crippen LogP contribution in [0.15, 0.2) is 18.2 Å². The minimum Gasteiger partial charge on any atom is -0.481 e. The van der Waals surface area contributed by atoms with Crippen molar-refractivity contribution < 1.29 is 14.7 Å². The predicted molar refractivity (Wildman–Crippen MR) is 85.8 cm³/mol. The van der Waals surface area contributed by atoms with Gasteiger partial charge < -0.3 is 10.4 Å². The number of rotatable bonds is 6. The molecule has 120 valence electrons. The summed E-state index contributed by atoms with van der Waals surface area (Å²) in [5.41, 5.74) is 2.85. The molecule has 2 N–H and O–H groups in total. The average molecular weight is 303 g/mol. The van der Waals surface area contributed by atoms with Gasteiger partial charge in [0, 0.05) is 12.5 Å². The van der Waals surface area contributed by atoms with Crippen LogP contribution in [-0.2, 0) is 16.0 Å². The fourth-order valence-electron chi connectivity index (χ4n) is 3.16. The Kier molecular flexibility index (Phi) is 4.89. The highest BCUT2D eigenvalue weighted by atomic mass is 16.4. The molecule has 1 unspecified atom stereocenters. The number of nitrogens with one attached hydrogen (secondary N) is 1. The summed E-state index contributed by atoms with van der Waals surface area (Å²) in [5.74, 6) is -0.990. The van der Waals surface area contributed by atoms with E-state index in [2.05, 4.69) is 37.4 Å². The molecule has 1 aromatic carbocycles. The zero-order chi connectivity index (χ0) is 16.3. The van der Waals surface area contributed by atoms with Crippen molar-refractivity contribution in [1.29, 1.82) is 0 Å². The molecule has 1 fully saturated rings. The van der Waals surface area contributed by atoms with E-state index in [4.69, 9.17) is 0 Å². The second-order valence-corrected chi connectivity index (χ2v) is 6.72. The Balaban J connectivity index is 1.90. The summed E-state index contributed by atoms with van der Waals surface area (Å²) in [6.45, 7) is 6.10. The van der Waals surface area contributed by atoms with Gasteiger partial charge in [-0.2, -0.15) is 0 Å². The van der Waals surface area contributed by atoms with Crippen molar-refractivity contribution in [2.75, 3.05) is 0 Å². The first-order valence-corrected chi connectivity index (χ1v) is 7.91. The number of carbonyl (C=O) groups excluding carboxylic acids is 1. The van der Waals surface area contributed by atoms with Gasteiger partial charge in [-0.15, -0.1) is 0 Å². The number of carboxylic acids is 1. The molecule has 1 saturated carbocycles. The minimum atomic E-state index is -0.837. The first-order valence-electron chi connectivity index (χ1n) is 7.91. The lowest BCUT2D eigenvalue weighted by atomic mass is 9.66. The summed E-state index contributed by atoms with van der Waals surface area (Å²) in [7, 11) is 0. The summed E-state index contributed by atoms with van der Waals surface area (Å²) in [6.07, 6.45) is 2.98. The van der Waals surface area contributed by atoms with Crippen molar-refractivity contribution in [3.8, 4) is 0 Å². The van der Waals surface area contributed by atoms with E-state index in [1.807, 2.05) is 6.92 Å². The number of amides is 1. The van der Waals surface area contributed by atoms with Gasteiger partial charge in [0.1, 0.15) is 0 Å². The quantitative estimate of drug-likeness (QED) is 0.849. The van der Waals surface area contributed by atoms with Crippen LogP contribution in [-0.4, -0.2) is 23.0 Å². The minimum absolute atomic E-state index is 0.000160. The highest BCUT2D eigenvalue weighted by molar-refractivity contribution is 5.85. The summed E-state index contributed by atoms with van der Waals surface area (Å²) in [5, 5.41) is 12.2. The molecule has 2 rings (SSSR count). The van der Waals surface area contributed by atoms with Crippen LogP contribution < -0.4 is 5.32 Å². The van der Waals surface area contributed by atoms with Gasteiger partial charge in [0.25, 0.3) is 0 Å². The third kappa shape index (κ3) is 3.67. The van der Waals surface area contributed by atoms with Gasteiger partial charge in [-0.25, -0.2) is 0 Å². The molecule has 22 heavy (non-hydrogen) atoms. The molecule has 0 heterocycles. The maximum absolute atomic E-state index is 12.1. The number of aryl methyl sites for hydroxylation is 2. The normalized spacial score (nSPS) is 17.4. The summed E-state index contributed by atoms with van der Waals surface area (Å²) in [4.78, 5) is 23.4. The zero-order valence-electron chi connectivity index (χ0n) is 13.6.